The molecule has 1 saturated heterocycles. The van der Waals surface area contributed by atoms with E-state index >= 15 is 0 Å². The number of hydrogen-bond donors (Lipinski definition) is 1. The Morgan fingerprint density at radius 2 is 2.30 bits per heavy atom. The molecule has 3 heterocycles. The topological polar surface area (TPSA) is 62.5 Å². The van der Waals surface area contributed by atoms with Gasteiger partial charge in [-0.15, -0.1) is 0 Å². The van der Waals surface area contributed by atoms with Crippen molar-refractivity contribution in [3.05, 3.63) is 29.7 Å². The van der Waals surface area contributed by atoms with Crippen LogP contribution in [-0.2, 0) is 0 Å². The third kappa shape index (κ3) is 3.52. The maximum atomic E-state index is 12.5. The highest BCUT2D eigenvalue weighted by atomic mass is 16.1. The fourth-order valence-corrected chi connectivity index (χ4v) is 3.18. The summed E-state index contributed by atoms with van der Waals surface area (Å²) < 4.78 is 1.64. The summed E-state index contributed by atoms with van der Waals surface area (Å²) in [6.45, 7) is 9.31. The van der Waals surface area contributed by atoms with Gasteiger partial charge in [-0.2, -0.15) is 5.10 Å². The molecule has 0 radical (unpaired) electrons. The van der Waals surface area contributed by atoms with Crippen molar-refractivity contribution in [1.82, 2.24) is 24.8 Å². The first-order chi connectivity index (χ1) is 11.0. The van der Waals surface area contributed by atoms with Crippen molar-refractivity contribution in [1.29, 1.82) is 0 Å². The largest absolute Gasteiger partial charge is 0.352 e. The highest BCUT2D eigenvalue weighted by molar-refractivity contribution is 5.99. The number of carbonyl (C=O) groups excluding carboxylic acids is 1. The van der Waals surface area contributed by atoms with Gasteiger partial charge in [-0.25, -0.2) is 9.50 Å². The van der Waals surface area contributed by atoms with E-state index in [1.54, 1.807) is 10.7 Å². The van der Waals surface area contributed by atoms with Gasteiger partial charge in [0.15, 0.2) is 5.65 Å². The lowest BCUT2D eigenvalue weighted by molar-refractivity contribution is 0.0924. The molecule has 0 aromatic carbocycles. The number of amides is 1. The molecule has 0 saturated carbocycles. The van der Waals surface area contributed by atoms with Crippen LogP contribution >= 0.6 is 0 Å². The Morgan fingerprint density at radius 1 is 1.48 bits per heavy atom. The monoisotopic (exact) mass is 315 g/mol. The lowest BCUT2D eigenvalue weighted by Gasteiger charge is -2.35. The Balaban J connectivity index is 1.63. The van der Waals surface area contributed by atoms with Crippen molar-refractivity contribution >= 4 is 11.6 Å². The van der Waals surface area contributed by atoms with Crippen LogP contribution in [0.3, 0.4) is 0 Å². The van der Waals surface area contributed by atoms with Crippen LogP contribution in [-0.4, -0.2) is 51.1 Å². The van der Waals surface area contributed by atoms with E-state index in [0.29, 0.717) is 29.7 Å². The predicted molar refractivity (Wildman–Crippen MR) is 89.5 cm³/mol. The number of carbonyl (C=O) groups is 1. The van der Waals surface area contributed by atoms with E-state index in [1.165, 1.54) is 19.4 Å². The molecule has 1 amide bonds. The molecule has 0 aliphatic carbocycles. The van der Waals surface area contributed by atoms with E-state index < -0.39 is 0 Å². The maximum absolute atomic E-state index is 12.5. The number of piperidine rings is 1. The van der Waals surface area contributed by atoms with Gasteiger partial charge in [0, 0.05) is 31.0 Å². The summed E-state index contributed by atoms with van der Waals surface area (Å²) in [5.41, 5.74) is 2.05. The fourth-order valence-electron chi connectivity index (χ4n) is 3.18. The Hall–Kier alpha value is -1.95. The molecular weight excluding hydrogens is 290 g/mol. The molecule has 3 rings (SSSR count). The van der Waals surface area contributed by atoms with Crippen molar-refractivity contribution < 1.29 is 4.79 Å². The first kappa shape index (κ1) is 15.9. The van der Waals surface area contributed by atoms with Crippen LogP contribution in [0.25, 0.3) is 5.65 Å². The van der Waals surface area contributed by atoms with Crippen LogP contribution in [0.4, 0.5) is 0 Å². The van der Waals surface area contributed by atoms with Crippen molar-refractivity contribution in [3.63, 3.8) is 0 Å². The number of fused-ring (bicyclic) bond motifs is 1. The summed E-state index contributed by atoms with van der Waals surface area (Å²) >= 11 is 0. The second-order valence-corrected chi connectivity index (χ2v) is 6.70. The molecule has 1 atom stereocenters. The normalized spacial score (nSPS) is 19.4. The molecule has 1 unspecified atom stereocenters. The molecule has 2 aromatic rings. The van der Waals surface area contributed by atoms with Gasteiger partial charge in [-0.3, -0.25) is 4.79 Å². The van der Waals surface area contributed by atoms with Gasteiger partial charge in [0.1, 0.15) is 5.56 Å². The smallest absolute Gasteiger partial charge is 0.256 e. The standard InChI is InChI=1S/C17H25N5O/c1-12(2)21-7-4-5-14(11-21)9-18-17(23)15-10-19-22-8-6-13(3)20-16(15)22/h6,8,10,12,14H,4-5,7,9,11H2,1-3H3,(H,18,23). The number of nitrogens with one attached hydrogen (secondary N) is 1. The minimum atomic E-state index is -0.0835. The molecule has 1 aliphatic heterocycles. The molecule has 1 N–H and O–H groups in total. The summed E-state index contributed by atoms with van der Waals surface area (Å²) in [4.78, 5) is 19.4. The van der Waals surface area contributed by atoms with Crippen molar-refractivity contribution in [2.75, 3.05) is 19.6 Å². The third-order valence-electron chi connectivity index (χ3n) is 4.58. The molecule has 0 bridgehead atoms. The average molecular weight is 315 g/mol. The molecule has 6 nitrogen and oxygen atoms in total. The van der Waals surface area contributed by atoms with Crippen molar-refractivity contribution in [3.8, 4) is 0 Å². The zero-order valence-corrected chi connectivity index (χ0v) is 14.1. The van der Waals surface area contributed by atoms with Crippen LogP contribution < -0.4 is 5.32 Å². The molecule has 6 heteroatoms. The molecule has 124 valence electrons. The van der Waals surface area contributed by atoms with Gasteiger partial charge < -0.3 is 10.2 Å². The molecule has 2 aromatic heterocycles. The Kier molecular flexibility index (Phi) is 4.61. The second kappa shape index (κ2) is 6.66. The number of likely N-dealkylation sites (tertiary alicyclic amines) is 1. The summed E-state index contributed by atoms with van der Waals surface area (Å²) in [5, 5.41) is 7.26. The lowest BCUT2D eigenvalue weighted by atomic mass is 9.97. The zero-order chi connectivity index (χ0) is 16.4. The first-order valence-corrected chi connectivity index (χ1v) is 8.38. The van der Waals surface area contributed by atoms with Crippen molar-refractivity contribution in [2.24, 2.45) is 5.92 Å². The van der Waals surface area contributed by atoms with Crippen LogP contribution in [0.2, 0.25) is 0 Å². The van der Waals surface area contributed by atoms with E-state index in [9.17, 15) is 4.79 Å². The Bertz CT molecular complexity index is 693. The van der Waals surface area contributed by atoms with Crippen LogP contribution in [0.5, 0.6) is 0 Å². The van der Waals surface area contributed by atoms with Gasteiger partial charge in [0.2, 0.25) is 0 Å². The molecule has 1 aliphatic rings. The van der Waals surface area contributed by atoms with Gasteiger partial charge >= 0.3 is 0 Å². The second-order valence-electron chi connectivity index (χ2n) is 6.70. The van der Waals surface area contributed by atoms with Gasteiger partial charge in [-0.1, -0.05) is 0 Å². The quantitative estimate of drug-likeness (QED) is 0.936. The van der Waals surface area contributed by atoms with E-state index in [0.717, 1.165) is 12.2 Å². The van der Waals surface area contributed by atoms with E-state index in [2.05, 4.69) is 34.1 Å². The van der Waals surface area contributed by atoms with Gasteiger partial charge in [-0.05, 0) is 52.1 Å². The molecule has 23 heavy (non-hydrogen) atoms. The molecule has 0 spiro atoms. The maximum Gasteiger partial charge on any atom is 0.256 e. The van der Waals surface area contributed by atoms with Gasteiger partial charge in [0.05, 0.1) is 6.20 Å². The number of aryl methyl sites for hydroxylation is 1. The lowest BCUT2D eigenvalue weighted by Crippen LogP contribution is -2.43. The minimum absolute atomic E-state index is 0.0835. The SMILES string of the molecule is Cc1ccn2ncc(C(=O)NCC3CCCN(C(C)C)C3)c2n1. The highest BCUT2D eigenvalue weighted by Crippen LogP contribution is 2.18. The minimum Gasteiger partial charge on any atom is -0.352 e. The van der Waals surface area contributed by atoms with Gasteiger partial charge in [0.25, 0.3) is 5.91 Å². The first-order valence-electron chi connectivity index (χ1n) is 8.38. The molecular formula is C17H25N5O. The molecule has 1 fully saturated rings. The predicted octanol–water partition coefficient (Wildman–Crippen LogP) is 1.89. The summed E-state index contributed by atoms with van der Waals surface area (Å²) in [5.74, 6) is 0.436. The number of hydrogen-bond acceptors (Lipinski definition) is 4. The average Bonchev–Trinajstić information content (AvgIpc) is 2.96. The Labute approximate surface area is 136 Å². The summed E-state index contributed by atoms with van der Waals surface area (Å²) in [7, 11) is 0. The van der Waals surface area contributed by atoms with E-state index in [1.807, 2.05) is 19.2 Å². The van der Waals surface area contributed by atoms with Crippen LogP contribution in [0.1, 0.15) is 42.7 Å². The van der Waals surface area contributed by atoms with Crippen LogP contribution in [0, 0.1) is 12.8 Å². The number of aromatic nitrogens is 3. The fraction of sp³-hybridized carbons (Fsp3) is 0.588. The Morgan fingerprint density at radius 3 is 3.09 bits per heavy atom. The zero-order valence-electron chi connectivity index (χ0n) is 14.1. The highest BCUT2D eigenvalue weighted by Gasteiger charge is 2.22. The summed E-state index contributed by atoms with van der Waals surface area (Å²) in [6.07, 6.45) is 5.81. The third-order valence-corrected chi connectivity index (χ3v) is 4.58. The summed E-state index contributed by atoms with van der Waals surface area (Å²) in [6, 6.07) is 2.45. The van der Waals surface area contributed by atoms with Crippen LogP contribution in [0.15, 0.2) is 18.5 Å². The number of rotatable bonds is 4. The van der Waals surface area contributed by atoms with E-state index in [-0.39, 0.29) is 5.91 Å². The number of nitrogens with zero attached hydrogens (tertiary/aromatic N) is 4. The van der Waals surface area contributed by atoms with E-state index in [4.69, 9.17) is 0 Å². The van der Waals surface area contributed by atoms with Crippen molar-refractivity contribution in [2.45, 2.75) is 39.7 Å².